The fourth-order valence-corrected chi connectivity index (χ4v) is 8.94. The molecule has 0 spiro atoms. The van der Waals surface area contributed by atoms with Crippen molar-refractivity contribution in [3.8, 4) is 0 Å². The summed E-state index contributed by atoms with van der Waals surface area (Å²) < 4.78 is 74.1. The molecule has 0 aromatic heterocycles. The molecule has 0 aromatic rings. The lowest BCUT2D eigenvalue weighted by atomic mass is 10.4. The van der Waals surface area contributed by atoms with E-state index in [1.807, 2.05) is 0 Å². The van der Waals surface area contributed by atoms with Crippen LogP contribution in [0, 0.1) is 0 Å². The second kappa shape index (κ2) is 15.2. The van der Waals surface area contributed by atoms with Crippen LogP contribution in [0.1, 0.15) is 13.8 Å². The van der Waals surface area contributed by atoms with Crippen molar-refractivity contribution in [2.24, 2.45) is 13.5 Å². The Morgan fingerprint density at radius 2 is 0.944 bits per heavy atom. The van der Waals surface area contributed by atoms with Gasteiger partial charge in [0.25, 0.3) is 0 Å². The van der Waals surface area contributed by atoms with Crippen LogP contribution < -0.4 is 0 Å². The Kier molecular flexibility index (Phi) is 13.1. The van der Waals surface area contributed by atoms with Crippen molar-refractivity contribution >= 4 is 23.2 Å². The maximum Gasteiger partial charge on any atom is 0.443 e. The van der Waals surface area contributed by atoms with Crippen LogP contribution in [0.15, 0.2) is 148 Å². The Morgan fingerprint density at radius 1 is 0.556 bits per heavy atom. The summed E-state index contributed by atoms with van der Waals surface area (Å²) in [7, 11) is -15.1. The molecule has 36 heavy (non-hydrogen) atoms. The number of nitrogens with zero attached hydrogens (tertiary/aromatic N) is 3. The molecule has 0 saturated heterocycles. The van der Waals surface area contributed by atoms with Crippen LogP contribution in [0.3, 0.4) is 0 Å². The highest BCUT2D eigenvalue weighted by atomic mass is 31.3. The molecule has 0 saturated carbocycles. The van der Waals surface area contributed by atoms with Gasteiger partial charge in [-0.2, -0.15) is 0 Å². The van der Waals surface area contributed by atoms with Crippen LogP contribution in [-0.2, 0) is 13.6 Å². The Balaban J connectivity index is 3.84. The molecule has 194 valence electrons. The lowest BCUT2D eigenvalue weighted by Gasteiger charge is -2.24. The van der Waals surface area contributed by atoms with Gasteiger partial charge in [0.2, 0.25) is 0 Å². The van der Waals surface area contributed by atoms with Gasteiger partial charge < -0.3 is 13.6 Å². The van der Waals surface area contributed by atoms with Crippen molar-refractivity contribution in [3.63, 3.8) is 0 Å². The van der Waals surface area contributed by atoms with Gasteiger partial charge in [-0.15, -0.1) is 26.1 Å². The Morgan fingerprint density at radius 3 is 1.25 bits per heavy atom. The molecular weight excluding hydrogens is 528 g/mol. The summed E-state index contributed by atoms with van der Waals surface area (Å²) in [5, 5.41) is 0. The zero-order valence-corrected chi connectivity index (χ0v) is 22.7. The van der Waals surface area contributed by atoms with Gasteiger partial charge in [-0.1, -0.05) is 81.0 Å². The summed E-state index contributed by atoms with van der Waals surface area (Å²) in [5.74, 6) is -0.375. The van der Waals surface area contributed by atoms with Crippen molar-refractivity contribution in [3.05, 3.63) is 135 Å². The molecule has 0 amide bonds. The third kappa shape index (κ3) is 10.7. The van der Waals surface area contributed by atoms with Gasteiger partial charge in [-0.3, -0.25) is 0 Å². The number of allylic oxidation sites excluding steroid dienone is 15. The highest BCUT2D eigenvalue weighted by Crippen LogP contribution is 2.82. The van der Waals surface area contributed by atoms with Crippen LogP contribution in [-0.4, -0.2) is 0 Å². The minimum Gasteiger partial charge on any atom is -0.419 e. The first-order valence-corrected chi connectivity index (χ1v) is 14.9. The van der Waals surface area contributed by atoms with E-state index in [4.69, 9.17) is 13.6 Å². The van der Waals surface area contributed by atoms with Crippen LogP contribution in [0.25, 0.3) is 0 Å². The fraction of sp³-hybridized carbons (Fsp3) is 0.0833. The van der Waals surface area contributed by atoms with Gasteiger partial charge >= 0.3 is 23.2 Å². The lowest BCUT2D eigenvalue weighted by Crippen LogP contribution is -1.93. The second-order valence-corrected chi connectivity index (χ2v) is 11.9. The molecule has 0 fully saturated rings. The molecule has 1 aliphatic heterocycles. The summed E-state index contributed by atoms with van der Waals surface area (Å²) >= 11 is 0. The minimum atomic E-state index is -5.05. The SMILES string of the molecule is C=C/C=C\C(=C/C=C)OP1(F)=NP(F)(OC(/C=C\C=C)=C/C=C)=NP(F)(OC(/C=C\C)=C/C=C\C)=N1. The molecule has 1 heterocycles. The Hall–Kier alpha value is -2.98. The first-order chi connectivity index (χ1) is 17.1. The quantitative estimate of drug-likeness (QED) is 0.121. The predicted molar refractivity (Wildman–Crippen MR) is 148 cm³/mol. The monoisotopic (exact) mass is 557 g/mol. The van der Waals surface area contributed by atoms with Crippen molar-refractivity contribution in [2.45, 2.75) is 13.8 Å². The van der Waals surface area contributed by atoms with E-state index in [0.717, 1.165) is 0 Å². The molecule has 1 aliphatic rings. The third-order valence-corrected chi connectivity index (χ3v) is 10.1. The normalized spacial score (nSPS) is 27.4. The molecule has 0 bridgehead atoms. The van der Waals surface area contributed by atoms with Gasteiger partial charge in [0.1, 0.15) is 17.3 Å². The maximum absolute atomic E-state index is 16.0. The summed E-state index contributed by atoms with van der Waals surface area (Å²) in [6.45, 7) is 17.4. The van der Waals surface area contributed by atoms with E-state index >= 15 is 12.6 Å². The van der Waals surface area contributed by atoms with Gasteiger partial charge in [0.15, 0.2) is 0 Å². The molecule has 0 radical (unpaired) electrons. The topological polar surface area (TPSA) is 64.8 Å². The van der Waals surface area contributed by atoms with Gasteiger partial charge in [0.05, 0.1) is 0 Å². The predicted octanol–water partition coefficient (Wildman–Crippen LogP) is 11.5. The second-order valence-electron chi connectivity index (χ2n) is 6.35. The largest absolute Gasteiger partial charge is 0.443 e. The summed E-state index contributed by atoms with van der Waals surface area (Å²) in [4.78, 5) is 0. The Bertz CT molecular complexity index is 1120. The zero-order chi connectivity index (χ0) is 27.1. The smallest absolute Gasteiger partial charge is 0.419 e. The van der Waals surface area contributed by atoms with E-state index in [-0.39, 0.29) is 17.3 Å². The molecular formula is C24H29F3N3O3P3. The molecule has 0 aromatic carbocycles. The highest BCUT2D eigenvalue weighted by Gasteiger charge is 2.44. The van der Waals surface area contributed by atoms with E-state index in [1.54, 1.807) is 32.1 Å². The van der Waals surface area contributed by atoms with E-state index in [9.17, 15) is 0 Å². The van der Waals surface area contributed by atoms with Gasteiger partial charge in [-0.05, 0) is 50.3 Å². The maximum atomic E-state index is 16.0. The summed E-state index contributed by atoms with van der Waals surface area (Å²) in [6, 6.07) is 0. The van der Waals surface area contributed by atoms with E-state index < -0.39 is 23.2 Å². The first kappa shape index (κ1) is 31.1. The average molecular weight is 557 g/mol. The van der Waals surface area contributed by atoms with Crippen molar-refractivity contribution in [2.75, 3.05) is 0 Å². The zero-order valence-electron chi connectivity index (χ0n) is 20.0. The molecule has 3 atom stereocenters. The molecule has 0 aliphatic carbocycles. The fourth-order valence-electron chi connectivity index (χ4n) is 2.24. The van der Waals surface area contributed by atoms with Crippen LogP contribution in [0.2, 0.25) is 0 Å². The van der Waals surface area contributed by atoms with Crippen LogP contribution >= 0.6 is 23.2 Å². The van der Waals surface area contributed by atoms with E-state index in [2.05, 4.69) is 39.9 Å². The minimum absolute atomic E-state index is 0.0687. The average Bonchev–Trinajstić information content (AvgIpc) is 2.78. The van der Waals surface area contributed by atoms with Crippen molar-refractivity contribution in [1.29, 1.82) is 0 Å². The molecule has 3 unspecified atom stereocenters. The van der Waals surface area contributed by atoms with E-state index in [1.165, 1.54) is 72.9 Å². The van der Waals surface area contributed by atoms with Crippen LogP contribution in [0.5, 0.6) is 0 Å². The van der Waals surface area contributed by atoms with Gasteiger partial charge in [0, 0.05) is 0 Å². The number of rotatable bonds is 14. The standard InChI is InChI=1S/C24H29F3N3O3P3/c1-7-13-19-22(16-10-4)31-34(25)28-35(26,32-23(17-11-5)20-14-8-2)30-36(27,29-34)33-24(18-12-6)21-15-9-3/h7-21H,1-2,4-5H2,3,6H3/b15-9-,18-12-,19-13-,20-14-,22-16+,23-17+,24-21+. The first-order valence-electron chi connectivity index (χ1n) is 10.4. The summed E-state index contributed by atoms with van der Waals surface area (Å²) in [6.07, 6.45) is 20.9. The van der Waals surface area contributed by atoms with Gasteiger partial charge in [-0.25, -0.2) is 0 Å². The van der Waals surface area contributed by atoms with Crippen molar-refractivity contribution in [1.82, 2.24) is 0 Å². The number of hydrogen-bond donors (Lipinski definition) is 0. The van der Waals surface area contributed by atoms with Crippen LogP contribution in [0.4, 0.5) is 12.6 Å². The molecule has 12 heteroatoms. The molecule has 6 nitrogen and oxygen atoms in total. The summed E-state index contributed by atoms with van der Waals surface area (Å²) in [5.41, 5.74) is 0. The lowest BCUT2D eigenvalue weighted by molar-refractivity contribution is 0.421. The van der Waals surface area contributed by atoms with Crippen molar-refractivity contribution < 1.29 is 26.2 Å². The Labute approximate surface area is 211 Å². The third-order valence-electron chi connectivity index (χ3n) is 3.47. The molecule has 0 N–H and O–H groups in total. The number of halogens is 3. The molecule has 1 rings (SSSR count). The highest BCUT2D eigenvalue weighted by molar-refractivity contribution is 7.78. The number of hydrogen-bond acceptors (Lipinski definition) is 6. The van der Waals surface area contributed by atoms with E-state index in [0.29, 0.717) is 0 Å².